The van der Waals surface area contributed by atoms with E-state index >= 15 is 0 Å². The number of hydrogen-bond donors (Lipinski definition) is 1. The van der Waals surface area contributed by atoms with Gasteiger partial charge in [0.1, 0.15) is 0 Å². The molecule has 2 aromatic rings. The Hall–Kier alpha value is -2.10. The van der Waals surface area contributed by atoms with Crippen molar-refractivity contribution in [2.45, 2.75) is 25.7 Å². The molecule has 0 spiro atoms. The maximum Gasteiger partial charge on any atom is 0.321 e. The van der Waals surface area contributed by atoms with E-state index < -0.39 is 0 Å². The zero-order valence-corrected chi connectivity index (χ0v) is 11.5. The molecule has 0 radical (unpaired) electrons. The summed E-state index contributed by atoms with van der Waals surface area (Å²) in [7, 11) is 0. The molecule has 1 fully saturated rings. The number of carbonyl (C=O) groups excluding carboxylic acids is 1. The molecule has 0 saturated carbocycles. The first-order valence-corrected chi connectivity index (χ1v) is 7.23. The van der Waals surface area contributed by atoms with Crippen LogP contribution in [0.2, 0.25) is 0 Å². The lowest BCUT2D eigenvalue weighted by atomic mass is 10.1. The van der Waals surface area contributed by atoms with Crippen LogP contribution in [0.5, 0.6) is 0 Å². The zero-order chi connectivity index (χ0) is 13.8. The minimum atomic E-state index is 0.00301. The number of aromatic nitrogens is 1. The monoisotopic (exact) mass is 269 g/mol. The van der Waals surface area contributed by atoms with Crippen LogP contribution in [0, 0.1) is 0 Å². The first kappa shape index (κ1) is 12.9. The fraction of sp³-hybridized carbons (Fsp3) is 0.375. The minimum absolute atomic E-state index is 0.00301. The summed E-state index contributed by atoms with van der Waals surface area (Å²) in [5.74, 6) is 0. The molecule has 0 unspecified atom stereocenters. The lowest BCUT2D eigenvalue weighted by molar-refractivity contribution is 0.214. The van der Waals surface area contributed by atoms with Gasteiger partial charge in [-0.1, -0.05) is 25.0 Å². The molecule has 4 heteroatoms. The second-order valence-electron chi connectivity index (χ2n) is 5.23. The van der Waals surface area contributed by atoms with Gasteiger partial charge in [-0.25, -0.2) is 4.79 Å². The molecular formula is C16H19N3O. The second-order valence-corrected chi connectivity index (χ2v) is 5.23. The van der Waals surface area contributed by atoms with Crippen molar-refractivity contribution >= 4 is 22.5 Å². The Bertz CT molecular complexity index is 598. The topological polar surface area (TPSA) is 45.2 Å². The third-order valence-corrected chi connectivity index (χ3v) is 3.82. The average molecular weight is 269 g/mol. The Labute approximate surface area is 118 Å². The summed E-state index contributed by atoms with van der Waals surface area (Å²) in [5.41, 5.74) is 0.838. The lowest BCUT2D eigenvalue weighted by Gasteiger charge is -2.21. The van der Waals surface area contributed by atoms with E-state index in [9.17, 15) is 4.79 Å². The molecule has 1 saturated heterocycles. The van der Waals surface area contributed by atoms with Gasteiger partial charge in [0.2, 0.25) is 0 Å². The van der Waals surface area contributed by atoms with E-state index in [-0.39, 0.29) is 6.03 Å². The van der Waals surface area contributed by atoms with Gasteiger partial charge in [-0.05, 0) is 30.4 Å². The zero-order valence-electron chi connectivity index (χ0n) is 11.5. The van der Waals surface area contributed by atoms with E-state index in [4.69, 9.17) is 0 Å². The number of benzene rings is 1. The van der Waals surface area contributed by atoms with Gasteiger partial charge in [-0.3, -0.25) is 4.98 Å². The molecule has 1 aromatic heterocycles. The van der Waals surface area contributed by atoms with Crippen LogP contribution < -0.4 is 5.32 Å². The Morgan fingerprint density at radius 1 is 1.10 bits per heavy atom. The van der Waals surface area contributed by atoms with E-state index in [2.05, 4.69) is 10.3 Å². The molecule has 20 heavy (non-hydrogen) atoms. The predicted molar refractivity (Wildman–Crippen MR) is 80.8 cm³/mol. The van der Waals surface area contributed by atoms with E-state index in [1.165, 1.54) is 12.8 Å². The summed E-state index contributed by atoms with van der Waals surface area (Å²) in [6.07, 6.45) is 8.22. The summed E-state index contributed by atoms with van der Waals surface area (Å²) in [6.45, 7) is 1.71. The van der Waals surface area contributed by atoms with E-state index in [1.807, 2.05) is 29.2 Å². The Morgan fingerprint density at radius 2 is 1.90 bits per heavy atom. The van der Waals surface area contributed by atoms with Gasteiger partial charge in [0.25, 0.3) is 0 Å². The fourth-order valence-electron chi connectivity index (χ4n) is 2.69. The molecular weight excluding hydrogens is 250 g/mol. The number of rotatable bonds is 1. The van der Waals surface area contributed by atoms with Gasteiger partial charge in [0.05, 0.1) is 5.69 Å². The van der Waals surface area contributed by atoms with Gasteiger partial charge < -0.3 is 10.2 Å². The highest BCUT2D eigenvalue weighted by Crippen LogP contribution is 2.22. The number of urea groups is 1. The molecule has 2 heterocycles. The number of anilines is 1. The molecule has 2 amide bonds. The van der Waals surface area contributed by atoms with Crippen molar-refractivity contribution in [2.24, 2.45) is 0 Å². The Kier molecular flexibility index (Phi) is 3.81. The quantitative estimate of drug-likeness (QED) is 0.859. The number of nitrogens with zero attached hydrogens (tertiary/aromatic N) is 2. The first-order chi connectivity index (χ1) is 9.84. The van der Waals surface area contributed by atoms with Crippen LogP contribution in [0.1, 0.15) is 25.7 Å². The third-order valence-electron chi connectivity index (χ3n) is 3.82. The maximum absolute atomic E-state index is 12.4. The molecule has 0 aliphatic carbocycles. The van der Waals surface area contributed by atoms with Crippen molar-refractivity contribution < 1.29 is 4.79 Å². The molecule has 3 rings (SSSR count). The third kappa shape index (κ3) is 2.74. The van der Waals surface area contributed by atoms with Crippen LogP contribution in [-0.2, 0) is 0 Å². The standard InChI is InChI=1S/C16H19N3O/c20-16(19-10-3-1-2-4-11-19)18-15-7-5-6-13-8-9-17-12-14(13)15/h5-9,12H,1-4,10-11H2,(H,18,20). The molecule has 4 nitrogen and oxygen atoms in total. The van der Waals surface area contributed by atoms with Gasteiger partial charge in [0.15, 0.2) is 0 Å². The van der Waals surface area contributed by atoms with Crippen LogP contribution in [0.25, 0.3) is 10.8 Å². The SMILES string of the molecule is O=C(Nc1cccc2ccncc12)N1CCCCCC1. The van der Waals surface area contributed by atoms with Crippen LogP contribution in [-0.4, -0.2) is 29.0 Å². The summed E-state index contributed by atoms with van der Waals surface area (Å²) in [4.78, 5) is 18.4. The number of nitrogens with one attached hydrogen (secondary N) is 1. The van der Waals surface area contributed by atoms with Gasteiger partial charge in [-0.15, -0.1) is 0 Å². The number of carbonyl (C=O) groups is 1. The maximum atomic E-state index is 12.4. The smallest absolute Gasteiger partial charge is 0.321 e. The van der Waals surface area contributed by atoms with Crippen molar-refractivity contribution in [3.63, 3.8) is 0 Å². The van der Waals surface area contributed by atoms with Gasteiger partial charge in [-0.2, -0.15) is 0 Å². The Balaban J connectivity index is 1.80. The van der Waals surface area contributed by atoms with E-state index in [1.54, 1.807) is 12.4 Å². The largest absolute Gasteiger partial charge is 0.325 e. The van der Waals surface area contributed by atoms with Crippen molar-refractivity contribution in [2.75, 3.05) is 18.4 Å². The number of amides is 2. The highest BCUT2D eigenvalue weighted by molar-refractivity contribution is 6.01. The van der Waals surface area contributed by atoms with Crippen molar-refractivity contribution in [3.05, 3.63) is 36.7 Å². The molecule has 1 aliphatic rings. The van der Waals surface area contributed by atoms with Crippen LogP contribution in [0.3, 0.4) is 0 Å². The molecule has 1 N–H and O–H groups in total. The number of likely N-dealkylation sites (tertiary alicyclic amines) is 1. The molecule has 0 atom stereocenters. The normalized spacial score (nSPS) is 15.9. The number of fused-ring (bicyclic) bond motifs is 1. The molecule has 1 aromatic carbocycles. The van der Waals surface area contributed by atoms with Crippen LogP contribution >= 0.6 is 0 Å². The average Bonchev–Trinajstić information content (AvgIpc) is 2.77. The second kappa shape index (κ2) is 5.90. The number of pyridine rings is 1. The first-order valence-electron chi connectivity index (χ1n) is 7.23. The lowest BCUT2D eigenvalue weighted by Crippen LogP contribution is -2.35. The fourth-order valence-corrected chi connectivity index (χ4v) is 2.69. The van der Waals surface area contributed by atoms with Crippen molar-refractivity contribution in [1.82, 2.24) is 9.88 Å². The van der Waals surface area contributed by atoms with E-state index in [0.717, 1.165) is 42.4 Å². The van der Waals surface area contributed by atoms with Gasteiger partial charge in [0, 0.05) is 30.9 Å². The summed E-state index contributed by atoms with van der Waals surface area (Å²) < 4.78 is 0. The molecule has 0 bridgehead atoms. The predicted octanol–water partition coefficient (Wildman–Crippen LogP) is 3.64. The van der Waals surface area contributed by atoms with Crippen molar-refractivity contribution in [1.29, 1.82) is 0 Å². The highest BCUT2D eigenvalue weighted by Gasteiger charge is 2.16. The minimum Gasteiger partial charge on any atom is -0.325 e. The summed E-state index contributed by atoms with van der Waals surface area (Å²) in [6, 6.07) is 7.87. The van der Waals surface area contributed by atoms with Crippen molar-refractivity contribution in [3.8, 4) is 0 Å². The summed E-state index contributed by atoms with van der Waals surface area (Å²) >= 11 is 0. The molecule has 1 aliphatic heterocycles. The van der Waals surface area contributed by atoms with Crippen LogP contribution in [0.4, 0.5) is 10.5 Å². The van der Waals surface area contributed by atoms with E-state index in [0.29, 0.717) is 0 Å². The number of hydrogen-bond acceptors (Lipinski definition) is 2. The van der Waals surface area contributed by atoms with Crippen LogP contribution in [0.15, 0.2) is 36.7 Å². The van der Waals surface area contributed by atoms with Gasteiger partial charge >= 0.3 is 6.03 Å². The molecule has 104 valence electrons. The summed E-state index contributed by atoms with van der Waals surface area (Å²) in [5, 5.41) is 5.11. The Morgan fingerprint density at radius 3 is 2.70 bits per heavy atom. The highest BCUT2D eigenvalue weighted by atomic mass is 16.2.